The predicted octanol–water partition coefficient (Wildman–Crippen LogP) is 1.74. The first kappa shape index (κ1) is 15.3. The molecule has 3 rings (SSSR count). The van der Waals surface area contributed by atoms with Gasteiger partial charge in [0.2, 0.25) is 0 Å². The van der Waals surface area contributed by atoms with E-state index in [1.807, 2.05) is 0 Å². The first-order valence-corrected chi connectivity index (χ1v) is 7.31. The van der Waals surface area contributed by atoms with Gasteiger partial charge < -0.3 is 9.64 Å². The summed E-state index contributed by atoms with van der Waals surface area (Å²) in [5.74, 6) is 4.86. The summed E-state index contributed by atoms with van der Waals surface area (Å²) >= 11 is 5.95. The average molecular weight is 332 g/mol. The predicted molar refractivity (Wildman–Crippen MR) is 86.3 cm³/mol. The number of para-hydroxylation sites is 2. The molecule has 1 unspecified atom stereocenters. The minimum Gasteiger partial charge on any atom is -0.476 e. The molecule has 1 atom stereocenters. The lowest BCUT2D eigenvalue weighted by molar-refractivity contribution is -0.127. The summed E-state index contributed by atoms with van der Waals surface area (Å²) in [6, 6.07) is 13.7. The third-order valence-electron chi connectivity index (χ3n) is 3.53. The highest BCUT2D eigenvalue weighted by molar-refractivity contribution is 6.31. The summed E-state index contributed by atoms with van der Waals surface area (Å²) in [5.41, 5.74) is 3.08. The van der Waals surface area contributed by atoms with Crippen LogP contribution in [0.2, 0.25) is 5.02 Å². The van der Waals surface area contributed by atoms with Gasteiger partial charge in [-0.3, -0.25) is 15.0 Å². The van der Waals surface area contributed by atoms with Crippen molar-refractivity contribution in [3.8, 4) is 5.75 Å². The molecular weight excluding hydrogens is 318 g/mol. The van der Waals surface area contributed by atoms with Crippen LogP contribution >= 0.6 is 11.6 Å². The molecule has 0 fully saturated rings. The first-order chi connectivity index (χ1) is 11.1. The topological polar surface area (TPSA) is 84.7 Å². The van der Waals surface area contributed by atoms with Crippen molar-refractivity contribution in [3.63, 3.8) is 0 Å². The lowest BCUT2D eigenvalue weighted by Gasteiger charge is -2.34. The van der Waals surface area contributed by atoms with Gasteiger partial charge in [0.05, 0.1) is 12.2 Å². The van der Waals surface area contributed by atoms with Crippen LogP contribution in [0.5, 0.6) is 5.75 Å². The van der Waals surface area contributed by atoms with Crippen LogP contribution in [0.3, 0.4) is 0 Å². The van der Waals surface area contributed by atoms with Crippen molar-refractivity contribution in [1.82, 2.24) is 5.43 Å². The molecule has 1 aliphatic heterocycles. The van der Waals surface area contributed by atoms with Gasteiger partial charge in [-0.25, -0.2) is 5.84 Å². The van der Waals surface area contributed by atoms with Gasteiger partial charge in [0, 0.05) is 10.6 Å². The Balaban J connectivity index is 1.99. The van der Waals surface area contributed by atoms with Gasteiger partial charge in [-0.05, 0) is 30.3 Å². The molecular formula is C16H14ClN3O3. The number of amides is 2. The van der Waals surface area contributed by atoms with Gasteiger partial charge in [-0.2, -0.15) is 0 Å². The largest absolute Gasteiger partial charge is 0.476 e. The van der Waals surface area contributed by atoms with E-state index in [0.29, 0.717) is 22.0 Å². The molecule has 0 radical (unpaired) electrons. The molecule has 1 heterocycles. The molecule has 0 aliphatic carbocycles. The highest BCUT2D eigenvalue weighted by atomic mass is 35.5. The molecule has 2 amide bonds. The molecule has 0 aromatic heterocycles. The fourth-order valence-electron chi connectivity index (χ4n) is 2.43. The molecule has 0 saturated carbocycles. The number of halogens is 1. The van der Waals surface area contributed by atoms with Gasteiger partial charge >= 0.3 is 0 Å². The summed E-state index contributed by atoms with van der Waals surface area (Å²) < 4.78 is 5.61. The van der Waals surface area contributed by atoms with E-state index in [0.717, 1.165) is 0 Å². The van der Waals surface area contributed by atoms with E-state index >= 15 is 0 Å². The van der Waals surface area contributed by atoms with Crippen molar-refractivity contribution in [2.45, 2.75) is 6.10 Å². The molecule has 23 heavy (non-hydrogen) atoms. The summed E-state index contributed by atoms with van der Waals surface area (Å²) in [5, 5.41) is 0.466. The molecule has 0 saturated heterocycles. The molecule has 3 N–H and O–H groups in total. The Kier molecular flexibility index (Phi) is 4.18. The standard InChI is InChI=1S/C16H14ClN3O3/c17-11-5-3-4-10(8-11)16(22)20-9-14(15(21)19-18)23-13-7-2-1-6-12(13)20/h1-8,14H,9,18H2,(H,19,21). The maximum Gasteiger partial charge on any atom is 0.276 e. The number of anilines is 1. The molecule has 2 aromatic carbocycles. The van der Waals surface area contributed by atoms with Gasteiger partial charge in [0.25, 0.3) is 11.8 Å². The number of rotatable bonds is 2. The van der Waals surface area contributed by atoms with Crippen molar-refractivity contribution in [2.75, 3.05) is 11.4 Å². The molecule has 1 aliphatic rings. The molecule has 118 valence electrons. The molecule has 7 heteroatoms. The van der Waals surface area contributed by atoms with Gasteiger partial charge in [0.1, 0.15) is 5.75 Å². The maximum absolute atomic E-state index is 12.8. The number of ether oxygens (including phenoxy) is 1. The number of fused-ring (bicyclic) bond motifs is 1. The quantitative estimate of drug-likeness (QED) is 0.498. The van der Waals surface area contributed by atoms with Crippen LogP contribution in [0.4, 0.5) is 5.69 Å². The van der Waals surface area contributed by atoms with Gasteiger partial charge in [0.15, 0.2) is 6.10 Å². The third kappa shape index (κ3) is 2.99. The third-order valence-corrected chi connectivity index (χ3v) is 3.76. The van der Waals surface area contributed by atoms with E-state index in [2.05, 4.69) is 5.43 Å². The van der Waals surface area contributed by atoms with E-state index in [4.69, 9.17) is 22.2 Å². The molecule has 2 aromatic rings. The number of nitrogens with two attached hydrogens (primary N) is 1. The monoisotopic (exact) mass is 331 g/mol. The van der Waals surface area contributed by atoms with Gasteiger partial charge in [-0.15, -0.1) is 0 Å². The fraction of sp³-hybridized carbons (Fsp3) is 0.125. The second-order valence-electron chi connectivity index (χ2n) is 5.01. The van der Waals surface area contributed by atoms with Crippen LogP contribution in [0, 0.1) is 0 Å². The number of hydrogen-bond acceptors (Lipinski definition) is 4. The summed E-state index contributed by atoms with van der Waals surface area (Å²) in [6.07, 6.45) is -0.877. The Morgan fingerprint density at radius 1 is 1.22 bits per heavy atom. The molecule has 0 spiro atoms. The number of hydrazine groups is 1. The zero-order valence-corrected chi connectivity index (χ0v) is 12.8. The number of carbonyl (C=O) groups excluding carboxylic acids is 2. The fourth-order valence-corrected chi connectivity index (χ4v) is 2.62. The van der Waals surface area contributed by atoms with Crippen LogP contribution < -0.4 is 20.9 Å². The number of benzene rings is 2. The van der Waals surface area contributed by atoms with Crippen molar-refractivity contribution in [3.05, 3.63) is 59.1 Å². The van der Waals surface area contributed by atoms with Crippen LogP contribution in [-0.2, 0) is 4.79 Å². The Morgan fingerprint density at radius 2 is 2.00 bits per heavy atom. The Bertz CT molecular complexity index is 766. The SMILES string of the molecule is NNC(=O)C1CN(C(=O)c2cccc(Cl)c2)c2ccccc2O1. The summed E-state index contributed by atoms with van der Waals surface area (Å²) in [4.78, 5) is 26.1. The van der Waals surface area contributed by atoms with Crippen LogP contribution in [0.1, 0.15) is 10.4 Å². The van der Waals surface area contributed by atoms with E-state index < -0.39 is 12.0 Å². The number of nitrogens with zero attached hydrogens (tertiary/aromatic N) is 1. The van der Waals surface area contributed by atoms with E-state index in [1.165, 1.54) is 4.90 Å². The average Bonchev–Trinajstić information content (AvgIpc) is 2.59. The number of nitrogens with one attached hydrogen (secondary N) is 1. The highest BCUT2D eigenvalue weighted by Gasteiger charge is 2.33. The Morgan fingerprint density at radius 3 is 2.74 bits per heavy atom. The second-order valence-corrected chi connectivity index (χ2v) is 5.45. The normalized spacial score (nSPS) is 16.3. The van der Waals surface area contributed by atoms with Gasteiger partial charge in [-0.1, -0.05) is 29.8 Å². The zero-order valence-electron chi connectivity index (χ0n) is 12.0. The van der Waals surface area contributed by atoms with Crippen molar-refractivity contribution in [2.24, 2.45) is 5.84 Å². The summed E-state index contributed by atoms with van der Waals surface area (Å²) in [7, 11) is 0. The number of carbonyl (C=O) groups is 2. The Hall–Kier alpha value is -2.57. The lowest BCUT2D eigenvalue weighted by Crippen LogP contribution is -2.52. The smallest absolute Gasteiger partial charge is 0.276 e. The lowest BCUT2D eigenvalue weighted by atomic mass is 10.1. The van der Waals surface area contributed by atoms with E-state index in [1.54, 1.807) is 48.5 Å². The second kappa shape index (κ2) is 6.28. The summed E-state index contributed by atoms with van der Waals surface area (Å²) in [6.45, 7) is 0.0609. The van der Waals surface area contributed by atoms with Crippen molar-refractivity contribution in [1.29, 1.82) is 0 Å². The Labute approximate surface area is 137 Å². The van der Waals surface area contributed by atoms with Crippen LogP contribution in [0.15, 0.2) is 48.5 Å². The van der Waals surface area contributed by atoms with Crippen LogP contribution in [-0.4, -0.2) is 24.5 Å². The zero-order chi connectivity index (χ0) is 16.4. The van der Waals surface area contributed by atoms with Crippen molar-refractivity contribution < 1.29 is 14.3 Å². The molecule has 6 nitrogen and oxygen atoms in total. The van der Waals surface area contributed by atoms with E-state index in [-0.39, 0.29) is 12.5 Å². The van der Waals surface area contributed by atoms with E-state index in [9.17, 15) is 9.59 Å². The van der Waals surface area contributed by atoms with Crippen molar-refractivity contribution >= 4 is 29.1 Å². The van der Waals surface area contributed by atoms with Crippen LogP contribution in [0.25, 0.3) is 0 Å². The highest BCUT2D eigenvalue weighted by Crippen LogP contribution is 2.34. The molecule has 0 bridgehead atoms. The number of hydrogen-bond donors (Lipinski definition) is 2. The minimum absolute atomic E-state index is 0.0609. The minimum atomic E-state index is -0.877. The maximum atomic E-state index is 12.8. The first-order valence-electron chi connectivity index (χ1n) is 6.93.